The van der Waals surface area contributed by atoms with E-state index in [1.165, 1.54) is 51.4 Å². The van der Waals surface area contributed by atoms with Crippen LogP contribution in [-0.4, -0.2) is 22.3 Å². The summed E-state index contributed by atoms with van der Waals surface area (Å²) in [5.41, 5.74) is 1.47. The van der Waals surface area contributed by atoms with E-state index in [4.69, 9.17) is 0 Å². The van der Waals surface area contributed by atoms with E-state index < -0.39 is 6.09 Å². The van der Waals surface area contributed by atoms with Crippen molar-refractivity contribution in [2.24, 2.45) is 10.3 Å². The van der Waals surface area contributed by atoms with Crippen molar-refractivity contribution >= 4 is 6.09 Å². The topological polar surface area (TPSA) is 62.0 Å². The molecule has 0 saturated carbocycles. The van der Waals surface area contributed by atoms with E-state index in [0.29, 0.717) is 6.54 Å². The van der Waals surface area contributed by atoms with Gasteiger partial charge in [0.1, 0.15) is 12.2 Å². The minimum Gasteiger partial charge on any atom is -0.433 e. The molecule has 5 nitrogen and oxygen atoms in total. The number of rotatable bonds is 11. The fraction of sp³-hybridized carbons (Fsp3) is 0.824. The minimum absolute atomic E-state index is 0.344. The summed E-state index contributed by atoms with van der Waals surface area (Å²) in [7, 11) is 0. The minimum atomic E-state index is -0.922. The van der Waals surface area contributed by atoms with Crippen LogP contribution in [0.15, 0.2) is 21.7 Å². The zero-order valence-corrected chi connectivity index (χ0v) is 14.5. The average molecular weight is 310 g/mol. The first kappa shape index (κ1) is 18.8. The van der Waals surface area contributed by atoms with E-state index in [1.54, 1.807) is 0 Å². The van der Waals surface area contributed by atoms with Crippen molar-refractivity contribution in [3.63, 3.8) is 0 Å². The van der Waals surface area contributed by atoms with Gasteiger partial charge in [-0.2, -0.15) is 4.79 Å². The van der Waals surface area contributed by atoms with Crippen LogP contribution in [0.4, 0.5) is 4.79 Å². The van der Waals surface area contributed by atoms with Crippen LogP contribution >= 0.6 is 0 Å². The summed E-state index contributed by atoms with van der Waals surface area (Å²) in [6, 6.07) is 0. The number of carbonyl (C=O) groups is 1. The van der Waals surface area contributed by atoms with Crippen LogP contribution in [0.1, 0.15) is 85.0 Å². The maximum Gasteiger partial charge on any atom is 0.547 e. The van der Waals surface area contributed by atoms with Crippen LogP contribution in [0.2, 0.25) is 0 Å². The number of amides is 1. The first-order valence-corrected chi connectivity index (χ1v) is 8.77. The number of hydrogen-bond donors (Lipinski definition) is 1. The van der Waals surface area contributed by atoms with E-state index in [1.807, 2.05) is 13.8 Å². The van der Waals surface area contributed by atoms with Gasteiger partial charge in [-0.1, -0.05) is 63.4 Å². The Balaban J connectivity index is 2.16. The van der Waals surface area contributed by atoms with Gasteiger partial charge in [-0.05, 0) is 17.9 Å². The van der Waals surface area contributed by atoms with Crippen LogP contribution < -0.4 is 0 Å². The third-order valence-electron chi connectivity index (χ3n) is 4.58. The molecule has 0 radical (unpaired) electrons. The smallest absolute Gasteiger partial charge is 0.433 e. The van der Waals surface area contributed by atoms with E-state index in [-0.39, 0.29) is 4.59 Å². The maximum atomic E-state index is 11.6. The summed E-state index contributed by atoms with van der Waals surface area (Å²) < 4.78 is -0.344. The van der Waals surface area contributed by atoms with E-state index in [2.05, 4.69) is 17.3 Å². The molecule has 22 heavy (non-hydrogen) atoms. The highest BCUT2D eigenvalue weighted by molar-refractivity contribution is 5.58. The molecule has 0 spiro atoms. The number of unbranched alkanes of at least 4 members (excludes halogenated alkanes) is 9. The summed E-state index contributed by atoms with van der Waals surface area (Å²) in [5, 5.41) is 17.4. The van der Waals surface area contributed by atoms with Crippen molar-refractivity contribution in [1.29, 1.82) is 0 Å². The summed E-state index contributed by atoms with van der Waals surface area (Å²) in [6.45, 7) is 6.39. The second-order valence-corrected chi connectivity index (χ2v) is 6.32. The summed E-state index contributed by atoms with van der Waals surface area (Å²) in [5.74, 6) is 0. The van der Waals surface area contributed by atoms with Gasteiger partial charge in [0.05, 0.1) is 0 Å². The molecule has 0 aromatic rings. The van der Waals surface area contributed by atoms with Gasteiger partial charge >= 0.3 is 6.09 Å². The first-order chi connectivity index (χ1) is 10.5. The molecule has 0 aromatic carbocycles. The van der Waals surface area contributed by atoms with Crippen LogP contribution in [-0.2, 0) is 0 Å². The molecule has 126 valence electrons. The van der Waals surface area contributed by atoms with Gasteiger partial charge in [-0.25, -0.2) is 0 Å². The molecule has 0 fully saturated rings. The zero-order valence-electron chi connectivity index (χ0n) is 14.5. The predicted molar refractivity (Wildman–Crippen MR) is 88.2 cm³/mol. The molecule has 1 heterocycles. The highest BCUT2D eigenvalue weighted by Gasteiger charge is 2.45. The molecule has 1 atom stereocenters. The second kappa shape index (κ2) is 9.72. The van der Waals surface area contributed by atoms with E-state index >= 15 is 0 Å². The number of nitrogens with zero attached hydrogens (tertiary/aromatic N) is 3. The number of carboxylic acid groups (broad SMARTS) is 1. The largest absolute Gasteiger partial charge is 0.547 e. The van der Waals surface area contributed by atoms with Crippen molar-refractivity contribution in [3.05, 3.63) is 11.4 Å². The Morgan fingerprint density at radius 3 is 1.86 bits per heavy atom. The molecular weight excluding hydrogens is 278 g/mol. The van der Waals surface area contributed by atoms with Gasteiger partial charge in [-0.15, -0.1) is 0 Å². The Hall–Kier alpha value is -1.23. The Labute approximate surface area is 134 Å². The highest BCUT2D eigenvalue weighted by atomic mass is 16.4. The molecule has 0 bridgehead atoms. The molecule has 1 aliphatic heterocycles. The van der Waals surface area contributed by atoms with Crippen LogP contribution in [0, 0.1) is 0 Å². The zero-order chi connectivity index (χ0) is 16.4. The lowest BCUT2D eigenvalue weighted by Gasteiger charge is -2.21. The Kier molecular flexibility index (Phi) is 8.31. The quantitative estimate of drug-likeness (QED) is 0.374. The fourth-order valence-electron chi connectivity index (χ4n) is 2.87. The molecule has 1 amide bonds. The van der Waals surface area contributed by atoms with Gasteiger partial charge in [0.25, 0.3) is 0 Å². The van der Waals surface area contributed by atoms with Gasteiger partial charge in [-0.3, -0.25) is 0 Å². The van der Waals surface area contributed by atoms with Crippen molar-refractivity contribution in [3.8, 4) is 0 Å². The fourth-order valence-corrected chi connectivity index (χ4v) is 2.87. The van der Waals surface area contributed by atoms with Gasteiger partial charge < -0.3 is 5.11 Å². The summed E-state index contributed by atoms with van der Waals surface area (Å²) >= 11 is 0. The summed E-state index contributed by atoms with van der Waals surface area (Å²) in [6.07, 6.45) is 11.5. The molecule has 1 N–H and O–H groups in total. The van der Waals surface area contributed by atoms with Crippen LogP contribution in [0.25, 0.3) is 0 Å². The Morgan fingerprint density at radius 1 is 0.955 bits per heavy atom. The third-order valence-corrected chi connectivity index (χ3v) is 4.58. The molecule has 5 heteroatoms. The average Bonchev–Trinajstić information content (AvgIpc) is 2.78. The Bertz CT molecular complexity index is 418. The highest BCUT2D eigenvalue weighted by Crippen LogP contribution is 2.30. The lowest BCUT2D eigenvalue weighted by Crippen LogP contribution is -2.44. The predicted octanol–water partition coefficient (Wildman–Crippen LogP) is 6.03. The maximum absolute atomic E-state index is 11.6. The van der Waals surface area contributed by atoms with Crippen molar-refractivity contribution < 1.29 is 14.5 Å². The van der Waals surface area contributed by atoms with E-state index in [0.717, 1.165) is 24.2 Å². The molecule has 0 aromatic heterocycles. The molecule has 1 unspecified atom stereocenters. The molecule has 0 saturated heterocycles. The second-order valence-electron chi connectivity index (χ2n) is 6.32. The van der Waals surface area contributed by atoms with Crippen molar-refractivity contribution in [2.45, 2.75) is 85.0 Å². The lowest BCUT2D eigenvalue weighted by atomic mass is 10.1. The van der Waals surface area contributed by atoms with Gasteiger partial charge in [0.15, 0.2) is 5.70 Å². The van der Waals surface area contributed by atoms with Crippen LogP contribution in [0.5, 0.6) is 0 Å². The normalized spacial score (nSPS) is 20.9. The molecular formula is C17H32N3O2+. The standard InChI is InChI=1S/C17H31N3O2/c1-4-5-6-7-8-9-10-11-12-13-14-20(17(21)22)16(3)15(2)18-19-20/h4-14H2,1-3H3/p+1. The number of allylic oxidation sites excluding steroid dienone is 2. The molecule has 1 aliphatic rings. The molecule has 0 aliphatic carbocycles. The third kappa shape index (κ3) is 5.20. The number of quaternary nitrogens is 1. The summed E-state index contributed by atoms with van der Waals surface area (Å²) in [4.78, 5) is 11.6. The van der Waals surface area contributed by atoms with Crippen molar-refractivity contribution in [2.75, 3.05) is 6.54 Å². The van der Waals surface area contributed by atoms with Gasteiger partial charge in [0, 0.05) is 18.6 Å². The first-order valence-electron chi connectivity index (χ1n) is 8.77. The SMILES string of the molecule is CCCCCCCCCCCC[N+]1(C(=O)O)N=NC(C)=C1C. The lowest BCUT2D eigenvalue weighted by molar-refractivity contribution is -0.827. The van der Waals surface area contributed by atoms with Crippen molar-refractivity contribution in [1.82, 2.24) is 0 Å². The Morgan fingerprint density at radius 2 is 1.45 bits per heavy atom. The van der Waals surface area contributed by atoms with Crippen LogP contribution in [0.3, 0.4) is 0 Å². The molecule has 1 rings (SSSR count). The van der Waals surface area contributed by atoms with E-state index in [9.17, 15) is 9.90 Å². The number of hydrogen-bond acceptors (Lipinski definition) is 3. The van der Waals surface area contributed by atoms with Gasteiger partial charge in [0.2, 0.25) is 0 Å². The monoisotopic (exact) mass is 310 g/mol.